The zero-order chi connectivity index (χ0) is 24.7. The number of ether oxygens (including phenoxy) is 3. The fourth-order valence-corrected chi connectivity index (χ4v) is 3.28. The van der Waals surface area contributed by atoms with Crippen molar-refractivity contribution in [2.75, 3.05) is 33.0 Å². The van der Waals surface area contributed by atoms with Gasteiger partial charge in [-0.3, -0.25) is 9.59 Å². The predicted molar refractivity (Wildman–Crippen MR) is 125 cm³/mol. The van der Waals surface area contributed by atoms with Crippen LogP contribution in [0.5, 0.6) is 0 Å². The van der Waals surface area contributed by atoms with Gasteiger partial charge in [-0.05, 0) is 38.5 Å². The monoisotopic (exact) mass is 475 g/mol. The van der Waals surface area contributed by atoms with E-state index in [0.717, 1.165) is 51.4 Å². The van der Waals surface area contributed by atoms with E-state index in [1.807, 2.05) is 0 Å². The molecule has 0 aliphatic rings. The second-order valence-electron chi connectivity index (χ2n) is 8.21. The zero-order valence-corrected chi connectivity index (χ0v) is 20.5. The molecule has 0 atom stereocenters. The van der Waals surface area contributed by atoms with Gasteiger partial charge in [0.2, 0.25) is 0 Å². The van der Waals surface area contributed by atoms with E-state index in [2.05, 4.69) is 19.2 Å². The van der Waals surface area contributed by atoms with Gasteiger partial charge < -0.3 is 29.7 Å². The summed E-state index contributed by atoms with van der Waals surface area (Å²) < 4.78 is 15.3. The molecule has 0 fully saturated rings. The van der Waals surface area contributed by atoms with Crippen molar-refractivity contribution < 1.29 is 38.8 Å². The van der Waals surface area contributed by atoms with Crippen LogP contribution in [0.25, 0.3) is 0 Å². The standard InChI is InChI=1S/C24H45NO8/c1-3-12-20(13-4-2)23(29)31-16-10-11-17-32-24(30)25-15-9-7-5-6-8-14-22(28)33-21(18-26)19-27/h20-21,26-27H,3-19H2,1-2H3,(H,25,30). The average molecular weight is 476 g/mol. The van der Waals surface area contributed by atoms with Gasteiger partial charge in [-0.25, -0.2) is 4.79 Å². The quantitative estimate of drug-likeness (QED) is 0.131. The summed E-state index contributed by atoms with van der Waals surface area (Å²) in [7, 11) is 0. The van der Waals surface area contributed by atoms with Crippen molar-refractivity contribution in [1.82, 2.24) is 5.32 Å². The summed E-state index contributed by atoms with van der Waals surface area (Å²) in [6.45, 7) is 4.54. The van der Waals surface area contributed by atoms with Gasteiger partial charge in [-0.15, -0.1) is 0 Å². The van der Waals surface area contributed by atoms with Crippen LogP contribution >= 0.6 is 0 Å². The van der Waals surface area contributed by atoms with Crippen molar-refractivity contribution in [2.24, 2.45) is 5.92 Å². The van der Waals surface area contributed by atoms with Gasteiger partial charge in [0.15, 0.2) is 0 Å². The molecule has 0 spiro atoms. The van der Waals surface area contributed by atoms with Gasteiger partial charge in [-0.2, -0.15) is 0 Å². The van der Waals surface area contributed by atoms with E-state index in [0.29, 0.717) is 39.0 Å². The lowest BCUT2D eigenvalue weighted by atomic mass is 9.99. The molecule has 0 unspecified atom stereocenters. The molecule has 33 heavy (non-hydrogen) atoms. The molecular weight excluding hydrogens is 430 g/mol. The Balaban J connectivity index is 3.54. The maximum absolute atomic E-state index is 12.0. The van der Waals surface area contributed by atoms with E-state index < -0.39 is 18.2 Å². The number of aliphatic hydroxyl groups excluding tert-OH is 2. The van der Waals surface area contributed by atoms with Crippen molar-refractivity contribution in [3.8, 4) is 0 Å². The molecule has 0 aromatic carbocycles. The largest absolute Gasteiger partial charge is 0.465 e. The number of esters is 2. The number of unbranched alkanes of at least 4 members (excludes halogenated alkanes) is 5. The molecule has 3 N–H and O–H groups in total. The molecule has 194 valence electrons. The minimum Gasteiger partial charge on any atom is -0.465 e. The summed E-state index contributed by atoms with van der Waals surface area (Å²) in [6, 6.07) is 0. The fourth-order valence-electron chi connectivity index (χ4n) is 3.28. The highest BCUT2D eigenvalue weighted by atomic mass is 16.6. The molecule has 9 heteroatoms. The van der Waals surface area contributed by atoms with Crippen LogP contribution in [0.15, 0.2) is 0 Å². The number of rotatable bonds is 21. The number of aliphatic hydroxyl groups is 2. The van der Waals surface area contributed by atoms with Crippen LogP contribution in [0.4, 0.5) is 4.79 Å². The van der Waals surface area contributed by atoms with Gasteiger partial charge in [0, 0.05) is 13.0 Å². The third-order valence-electron chi connectivity index (χ3n) is 5.16. The summed E-state index contributed by atoms with van der Waals surface area (Å²) in [5, 5.41) is 20.4. The molecule has 0 aliphatic heterocycles. The summed E-state index contributed by atoms with van der Waals surface area (Å²) in [6.07, 6.45) is 8.19. The molecule has 0 saturated carbocycles. The zero-order valence-electron chi connectivity index (χ0n) is 20.5. The van der Waals surface area contributed by atoms with Crippen LogP contribution in [-0.2, 0) is 23.8 Å². The number of hydrogen-bond acceptors (Lipinski definition) is 8. The molecular formula is C24H45NO8. The first-order chi connectivity index (χ1) is 16.0. The number of alkyl carbamates (subject to hydrolysis) is 1. The number of hydrogen-bond donors (Lipinski definition) is 3. The van der Waals surface area contributed by atoms with Crippen molar-refractivity contribution in [3.63, 3.8) is 0 Å². The lowest BCUT2D eigenvalue weighted by Crippen LogP contribution is -2.25. The maximum atomic E-state index is 12.0. The van der Waals surface area contributed by atoms with Gasteiger partial charge in [-0.1, -0.05) is 46.0 Å². The topological polar surface area (TPSA) is 131 Å². The van der Waals surface area contributed by atoms with Crippen LogP contribution < -0.4 is 5.32 Å². The van der Waals surface area contributed by atoms with E-state index in [4.69, 9.17) is 24.4 Å². The van der Waals surface area contributed by atoms with Crippen LogP contribution in [0.1, 0.15) is 90.9 Å². The first-order valence-electron chi connectivity index (χ1n) is 12.5. The Hall–Kier alpha value is -1.87. The third kappa shape index (κ3) is 18.3. The lowest BCUT2D eigenvalue weighted by Gasteiger charge is -2.14. The molecule has 0 saturated heterocycles. The second-order valence-corrected chi connectivity index (χ2v) is 8.21. The lowest BCUT2D eigenvalue weighted by molar-refractivity contribution is -0.153. The first-order valence-corrected chi connectivity index (χ1v) is 12.5. The normalized spacial score (nSPS) is 11.0. The maximum Gasteiger partial charge on any atom is 0.407 e. The molecule has 0 heterocycles. The molecule has 9 nitrogen and oxygen atoms in total. The van der Waals surface area contributed by atoms with E-state index >= 15 is 0 Å². The van der Waals surface area contributed by atoms with Gasteiger partial charge in [0.25, 0.3) is 0 Å². The Labute approximate surface area is 198 Å². The Morgan fingerprint density at radius 1 is 0.788 bits per heavy atom. The number of amides is 1. The molecule has 0 radical (unpaired) electrons. The Bertz CT molecular complexity index is 505. The van der Waals surface area contributed by atoms with Crippen LogP contribution in [0, 0.1) is 5.92 Å². The summed E-state index contributed by atoms with van der Waals surface area (Å²) in [5.41, 5.74) is 0. The Morgan fingerprint density at radius 2 is 1.36 bits per heavy atom. The summed E-state index contributed by atoms with van der Waals surface area (Å²) in [4.78, 5) is 35.2. The third-order valence-corrected chi connectivity index (χ3v) is 5.16. The molecule has 1 amide bonds. The minimum atomic E-state index is -0.838. The van der Waals surface area contributed by atoms with E-state index in [-0.39, 0.29) is 31.5 Å². The molecule has 0 rings (SSSR count). The number of nitrogens with one attached hydrogen (secondary N) is 1. The molecule has 0 aromatic heterocycles. The number of carbonyl (C=O) groups excluding carboxylic acids is 3. The molecule has 0 bridgehead atoms. The molecule has 0 aliphatic carbocycles. The van der Waals surface area contributed by atoms with Gasteiger partial charge in [0.05, 0.1) is 32.3 Å². The van der Waals surface area contributed by atoms with Crippen molar-refractivity contribution in [1.29, 1.82) is 0 Å². The highest BCUT2D eigenvalue weighted by Gasteiger charge is 2.17. The van der Waals surface area contributed by atoms with E-state index in [1.165, 1.54) is 0 Å². The van der Waals surface area contributed by atoms with Gasteiger partial charge >= 0.3 is 18.0 Å². The van der Waals surface area contributed by atoms with Crippen LogP contribution in [-0.4, -0.2) is 67.3 Å². The Morgan fingerprint density at radius 3 is 1.97 bits per heavy atom. The van der Waals surface area contributed by atoms with Crippen LogP contribution in [0.2, 0.25) is 0 Å². The fraction of sp³-hybridized carbons (Fsp3) is 0.875. The first kappa shape index (κ1) is 31.1. The Kier molecular flexibility index (Phi) is 20.7. The minimum absolute atomic E-state index is 0.00460. The van der Waals surface area contributed by atoms with Gasteiger partial charge in [0.1, 0.15) is 6.10 Å². The number of carbonyl (C=O) groups is 3. The van der Waals surface area contributed by atoms with E-state index in [9.17, 15) is 14.4 Å². The highest BCUT2D eigenvalue weighted by Crippen LogP contribution is 2.15. The van der Waals surface area contributed by atoms with Crippen LogP contribution in [0.3, 0.4) is 0 Å². The molecule has 0 aromatic rings. The summed E-state index contributed by atoms with van der Waals surface area (Å²) >= 11 is 0. The summed E-state index contributed by atoms with van der Waals surface area (Å²) in [5.74, 6) is -0.535. The average Bonchev–Trinajstić information content (AvgIpc) is 2.81. The smallest absolute Gasteiger partial charge is 0.407 e. The second kappa shape index (κ2) is 21.9. The van der Waals surface area contributed by atoms with Crippen molar-refractivity contribution in [2.45, 2.75) is 97.0 Å². The SMILES string of the molecule is CCCC(CCC)C(=O)OCCCCOC(=O)NCCCCCCCC(=O)OC(CO)CO. The van der Waals surface area contributed by atoms with Crippen molar-refractivity contribution >= 4 is 18.0 Å². The predicted octanol–water partition coefficient (Wildman–Crippen LogP) is 3.49. The van der Waals surface area contributed by atoms with Crippen molar-refractivity contribution in [3.05, 3.63) is 0 Å². The van der Waals surface area contributed by atoms with E-state index in [1.54, 1.807) is 0 Å². The highest BCUT2D eigenvalue weighted by molar-refractivity contribution is 5.72.